The molecule has 19 heavy (non-hydrogen) atoms. The van der Waals surface area contributed by atoms with Crippen molar-refractivity contribution in [2.45, 2.75) is 32.1 Å². The molecule has 1 amide bonds. The summed E-state index contributed by atoms with van der Waals surface area (Å²) in [4.78, 5) is 11.9. The highest BCUT2D eigenvalue weighted by atomic mass is 16.3. The van der Waals surface area contributed by atoms with Crippen LogP contribution in [0.3, 0.4) is 0 Å². The van der Waals surface area contributed by atoms with Gasteiger partial charge in [0.1, 0.15) is 5.75 Å². The fraction of sp³-hybridized carbons (Fsp3) is 0.533. The number of phenolic OH excluding ortho intramolecular Hbond substituents is 1. The summed E-state index contributed by atoms with van der Waals surface area (Å²) in [6, 6.07) is 6.72. The van der Waals surface area contributed by atoms with Crippen molar-refractivity contribution >= 4 is 5.91 Å². The lowest BCUT2D eigenvalue weighted by Gasteiger charge is -2.26. The van der Waals surface area contributed by atoms with Crippen LogP contribution in [0, 0.1) is 5.41 Å². The summed E-state index contributed by atoms with van der Waals surface area (Å²) in [6.07, 6.45) is 4.48. The van der Waals surface area contributed by atoms with E-state index in [0.717, 1.165) is 31.2 Å². The zero-order chi connectivity index (χ0) is 13.7. The number of aliphatic hydroxyl groups excluding tert-OH is 1. The van der Waals surface area contributed by atoms with Crippen molar-refractivity contribution in [1.82, 2.24) is 5.32 Å². The van der Waals surface area contributed by atoms with Gasteiger partial charge < -0.3 is 15.5 Å². The van der Waals surface area contributed by atoms with Crippen molar-refractivity contribution in [2.75, 3.05) is 13.2 Å². The molecule has 0 saturated heterocycles. The van der Waals surface area contributed by atoms with Gasteiger partial charge in [-0.2, -0.15) is 0 Å². The van der Waals surface area contributed by atoms with E-state index in [0.29, 0.717) is 6.54 Å². The van der Waals surface area contributed by atoms with Crippen molar-refractivity contribution in [1.29, 1.82) is 0 Å². The highest BCUT2D eigenvalue weighted by Gasteiger charge is 2.33. The molecular formula is C15H21NO3. The Labute approximate surface area is 113 Å². The number of hydrogen-bond acceptors (Lipinski definition) is 3. The molecule has 1 aromatic rings. The number of carbonyl (C=O) groups excluding carboxylic acids is 1. The first-order chi connectivity index (χ1) is 9.13. The fourth-order valence-corrected chi connectivity index (χ4v) is 2.72. The van der Waals surface area contributed by atoms with Crippen LogP contribution in [0.2, 0.25) is 0 Å². The summed E-state index contributed by atoms with van der Waals surface area (Å²) in [5, 5.41) is 21.7. The third-order valence-corrected chi connectivity index (χ3v) is 3.94. The number of rotatable bonds is 5. The van der Waals surface area contributed by atoms with Crippen molar-refractivity contribution in [3.63, 3.8) is 0 Å². The molecule has 3 N–H and O–H groups in total. The Balaban J connectivity index is 1.84. The van der Waals surface area contributed by atoms with Crippen molar-refractivity contribution in [3.05, 3.63) is 29.8 Å². The Morgan fingerprint density at radius 1 is 1.32 bits per heavy atom. The van der Waals surface area contributed by atoms with Gasteiger partial charge in [-0.25, -0.2) is 0 Å². The van der Waals surface area contributed by atoms with Crippen molar-refractivity contribution in [2.24, 2.45) is 5.41 Å². The van der Waals surface area contributed by atoms with E-state index in [2.05, 4.69) is 5.32 Å². The van der Waals surface area contributed by atoms with Crippen LogP contribution in [-0.2, 0) is 11.2 Å². The molecule has 0 unspecified atom stereocenters. The van der Waals surface area contributed by atoms with Crippen LogP contribution in [0.1, 0.15) is 31.2 Å². The minimum atomic E-state index is -0.117. The Morgan fingerprint density at radius 3 is 2.68 bits per heavy atom. The van der Waals surface area contributed by atoms with E-state index in [-0.39, 0.29) is 30.1 Å². The lowest BCUT2D eigenvalue weighted by molar-refractivity contribution is -0.121. The van der Waals surface area contributed by atoms with Crippen LogP contribution in [0.4, 0.5) is 0 Å². The predicted octanol–water partition coefficient (Wildman–Crippen LogP) is 1.60. The SMILES string of the molecule is O=C(Cc1cccc(O)c1)NCC1(CO)CCCC1. The molecule has 0 aromatic heterocycles. The number of aromatic hydroxyl groups is 1. The molecule has 0 aliphatic heterocycles. The largest absolute Gasteiger partial charge is 0.508 e. The molecule has 1 aliphatic rings. The molecule has 104 valence electrons. The summed E-state index contributed by atoms with van der Waals surface area (Å²) < 4.78 is 0. The lowest BCUT2D eigenvalue weighted by atomic mass is 9.87. The molecule has 1 aromatic carbocycles. The minimum absolute atomic E-state index is 0.0645. The predicted molar refractivity (Wildman–Crippen MR) is 72.8 cm³/mol. The van der Waals surface area contributed by atoms with Crippen LogP contribution in [-0.4, -0.2) is 29.3 Å². The van der Waals surface area contributed by atoms with Crippen LogP contribution < -0.4 is 5.32 Å². The maximum Gasteiger partial charge on any atom is 0.224 e. The number of aliphatic hydroxyl groups is 1. The monoisotopic (exact) mass is 263 g/mol. The molecule has 0 radical (unpaired) electrons. The normalized spacial score (nSPS) is 17.3. The maximum atomic E-state index is 11.9. The van der Waals surface area contributed by atoms with Gasteiger partial charge in [0, 0.05) is 12.0 Å². The third-order valence-electron chi connectivity index (χ3n) is 3.94. The van der Waals surface area contributed by atoms with Gasteiger partial charge in [-0.1, -0.05) is 25.0 Å². The van der Waals surface area contributed by atoms with Crippen molar-refractivity contribution < 1.29 is 15.0 Å². The van der Waals surface area contributed by atoms with E-state index in [1.54, 1.807) is 18.2 Å². The van der Waals surface area contributed by atoms with Crippen LogP contribution in [0.5, 0.6) is 5.75 Å². The van der Waals surface area contributed by atoms with Crippen LogP contribution >= 0.6 is 0 Å². The van der Waals surface area contributed by atoms with Crippen LogP contribution in [0.15, 0.2) is 24.3 Å². The molecule has 0 spiro atoms. The fourth-order valence-electron chi connectivity index (χ4n) is 2.72. The lowest BCUT2D eigenvalue weighted by Crippen LogP contribution is -2.38. The smallest absolute Gasteiger partial charge is 0.224 e. The molecule has 0 atom stereocenters. The Kier molecular flexibility index (Phi) is 4.43. The second-order valence-electron chi connectivity index (χ2n) is 5.49. The van der Waals surface area contributed by atoms with Gasteiger partial charge in [0.2, 0.25) is 5.91 Å². The number of nitrogens with one attached hydrogen (secondary N) is 1. The molecular weight excluding hydrogens is 242 g/mol. The first-order valence-electron chi connectivity index (χ1n) is 6.79. The molecule has 1 aliphatic carbocycles. The number of phenols is 1. The summed E-state index contributed by atoms with van der Waals surface area (Å²) in [6.45, 7) is 0.681. The Morgan fingerprint density at radius 2 is 2.05 bits per heavy atom. The van der Waals surface area contributed by atoms with Gasteiger partial charge in [0.05, 0.1) is 13.0 Å². The zero-order valence-electron chi connectivity index (χ0n) is 11.1. The number of amides is 1. The number of hydrogen-bond donors (Lipinski definition) is 3. The van der Waals surface area contributed by atoms with E-state index in [1.165, 1.54) is 0 Å². The van der Waals surface area contributed by atoms with Gasteiger partial charge in [-0.3, -0.25) is 4.79 Å². The van der Waals surface area contributed by atoms with E-state index in [1.807, 2.05) is 6.07 Å². The highest BCUT2D eigenvalue weighted by Crippen LogP contribution is 2.36. The average Bonchev–Trinajstić information content (AvgIpc) is 2.86. The van der Waals surface area contributed by atoms with Gasteiger partial charge in [0.15, 0.2) is 0 Å². The van der Waals surface area contributed by atoms with E-state index < -0.39 is 0 Å². The van der Waals surface area contributed by atoms with E-state index in [4.69, 9.17) is 0 Å². The standard InChI is InChI=1S/C15H21NO3/c17-11-15(6-1-2-7-15)10-16-14(19)9-12-4-3-5-13(18)8-12/h3-5,8,17-18H,1-2,6-7,9-11H2,(H,16,19). The summed E-state index contributed by atoms with van der Waals surface area (Å²) in [7, 11) is 0. The van der Waals surface area contributed by atoms with Gasteiger partial charge in [-0.15, -0.1) is 0 Å². The Hall–Kier alpha value is -1.55. The van der Waals surface area contributed by atoms with Crippen LogP contribution in [0.25, 0.3) is 0 Å². The first-order valence-corrected chi connectivity index (χ1v) is 6.79. The molecule has 1 saturated carbocycles. The molecule has 0 heterocycles. The average molecular weight is 263 g/mol. The van der Waals surface area contributed by atoms with E-state index >= 15 is 0 Å². The molecule has 4 nitrogen and oxygen atoms in total. The zero-order valence-corrected chi connectivity index (χ0v) is 11.1. The maximum absolute atomic E-state index is 11.9. The molecule has 2 rings (SSSR count). The summed E-state index contributed by atoms with van der Waals surface area (Å²) in [5.74, 6) is 0.109. The quantitative estimate of drug-likeness (QED) is 0.756. The second-order valence-corrected chi connectivity index (χ2v) is 5.49. The van der Waals surface area contributed by atoms with Gasteiger partial charge in [-0.05, 0) is 30.5 Å². The summed E-state index contributed by atoms with van der Waals surface area (Å²) >= 11 is 0. The molecule has 0 bridgehead atoms. The number of carbonyl (C=O) groups is 1. The minimum Gasteiger partial charge on any atom is -0.508 e. The topological polar surface area (TPSA) is 69.6 Å². The summed E-state index contributed by atoms with van der Waals surface area (Å²) in [5.41, 5.74) is 0.677. The third kappa shape index (κ3) is 3.70. The Bertz CT molecular complexity index is 439. The molecule has 1 fully saturated rings. The second kappa shape index (κ2) is 6.06. The van der Waals surface area contributed by atoms with Crippen molar-refractivity contribution in [3.8, 4) is 5.75 Å². The molecule has 4 heteroatoms. The first kappa shape index (κ1) is 13.9. The number of benzene rings is 1. The highest BCUT2D eigenvalue weighted by molar-refractivity contribution is 5.78. The van der Waals surface area contributed by atoms with Gasteiger partial charge in [0.25, 0.3) is 0 Å². The van der Waals surface area contributed by atoms with Gasteiger partial charge >= 0.3 is 0 Å². The van der Waals surface area contributed by atoms with E-state index in [9.17, 15) is 15.0 Å².